The Kier molecular flexibility index (Phi) is 8.97. The van der Waals surface area contributed by atoms with Crippen molar-refractivity contribution in [3.63, 3.8) is 0 Å². The molecule has 0 aliphatic rings. The van der Waals surface area contributed by atoms with E-state index in [-0.39, 0.29) is 0 Å². The maximum absolute atomic E-state index is 11.2. The number of unbranched alkanes of at least 4 members (excludes halogenated alkanes) is 1. The molecule has 0 aromatic carbocycles. The Hall–Kier alpha value is -0.175. The van der Waals surface area contributed by atoms with Gasteiger partial charge in [-0.25, -0.2) is 4.79 Å². The Morgan fingerprint density at radius 3 is 2.53 bits per heavy atom. The van der Waals surface area contributed by atoms with Crippen molar-refractivity contribution in [2.75, 3.05) is 6.54 Å². The molecule has 0 aromatic rings. The van der Waals surface area contributed by atoms with E-state index in [9.17, 15) is 9.59 Å². The quantitative estimate of drug-likeness (QED) is 0.381. The van der Waals surface area contributed by atoms with E-state index in [1.54, 1.807) is 0 Å². The maximum atomic E-state index is 11.2. The lowest BCUT2D eigenvalue weighted by Gasteiger charge is -2.15. The molecule has 3 unspecified atom stereocenters. The van der Waals surface area contributed by atoms with Crippen molar-refractivity contribution in [2.24, 2.45) is 0 Å². The molecule has 0 spiro atoms. The minimum atomic E-state index is -0.723. The summed E-state index contributed by atoms with van der Waals surface area (Å²) < 4.78 is 4.46. The zero-order valence-corrected chi connectivity index (χ0v) is 10.7. The summed E-state index contributed by atoms with van der Waals surface area (Å²) in [6.45, 7) is 0.837. The van der Waals surface area contributed by atoms with Gasteiger partial charge in [-0.1, -0.05) is 9.39 Å². The number of carbonyl (C=O) groups is 2. The molecule has 0 aliphatic carbocycles. The Bertz CT molecular complexity index is 218. The average molecular weight is 248 g/mol. The zero-order valence-electron chi connectivity index (χ0n) is 8.36. The molecule has 0 aliphatic heterocycles. The molecular formula is C7H15BN2O3P2. The standard InChI is InChI=1S/C7H15BN2O3P2/c8-7(12)10-5(6(11)13-15)3-1-2-4-9-14/h5,9H,1-4,14-15H2,(H,10,12). The van der Waals surface area contributed by atoms with Gasteiger partial charge in [-0.3, -0.25) is 4.79 Å². The fourth-order valence-corrected chi connectivity index (χ4v) is 1.45. The van der Waals surface area contributed by atoms with Crippen LogP contribution in [0.3, 0.4) is 0 Å². The molecule has 0 saturated heterocycles. The third-order valence-corrected chi connectivity index (χ3v) is 2.30. The molecule has 5 nitrogen and oxygen atoms in total. The molecule has 3 atom stereocenters. The van der Waals surface area contributed by atoms with E-state index in [0.29, 0.717) is 6.42 Å². The minimum Gasteiger partial charge on any atom is -0.450 e. The Morgan fingerprint density at radius 1 is 1.40 bits per heavy atom. The van der Waals surface area contributed by atoms with Crippen LogP contribution in [0, 0.1) is 0 Å². The van der Waals surface area contributed by atoms with Gasteiger partial charge in [0, 0.05) is 0 Å². The summed E-state index contributed by atoms with van der Waals surface area (Å²) in [5.74, 6) is -1.22. The zero-order chi connectivity index (χ0) is 11.7. The van der Waals surface area contributed by atoms with Gasteiger partial charge in [-0.2, -0.15) is 0 Å². The normalized spacial score (nSPS) is 11.9. The molecule has 8 heteroatoms. The van der Waals surface area contributed by atoms with Gasteiger partial charge in [-0.05, 0) is 25.8 Å². The monoisotopic (exact) mass is 248 g/mol. The van der Waals surface area contributed by atoms with Crippen LogP contribution in [0.15, 0.2) is 0 Å². The lowest BCUT2D eigenvalue weighted by Crippen LogP contribution is -2.40. The van der Waals surface area contributed by atoms with Crippen LogP contribution in [0.2, 0.25) is 0 Å². The van der Waals surface area contributed by atoms with Crippen LogP contribution < -0.4 is 10.4 Å². The van der Waals surface area contributed by atoms with Gasteiger partial charge in [0.1, 0.15) is 6.04 Å². The van der Waals surface area contributed by atoms with E-state index in [2.05, 4.69) is 24.3 Å². The highest BCUT2D eigenvalue weighted by Crippen LogP contribution is 2.04. The number of carbonyl (C=O) groups excluding carboxylic acids is 2. The van der Waals surface area contributed by atoms with Crippen LogP contribution in [0.4, 0.5) is 4.79 Å². The fourth-order valence-electron chi connectivity index (χ4n) is 1.08. The SMILES string of the molecule is [B]C(=O)NC(CCCCNP)C(=O)OP. The molecule has 15 heavy (non-hydrogen) atoms. The lowest BCUT2D eigenvalue weighted by atomic mass is 10.1. The molecule has 1 amide bonds. The third kappa shape index (κ3) is 7.72. The summed E-state index contributed by atoms with van der Waals surface area (Å²) in [7, 11) is 9.18. The van der Waals surface area contributed by atoms with Gasteiger partial charge in [0.25, 0.3) is 0 Å². The van der Waals surface area contributed by atoms with E-state index in [1.165, 1.54) is 0 Å². The molecule has 2 N–H and O–H groups in total. The molecule has 0 aromatic heterocycles. The molecule has 0 heterocycles. The summed E-state index contributed by atoms with van der Waals surface area (Å²) in [5, 5.41) is 5.24. The summed E-state index contributed by atoms with van der Waals surface area (Å²) in [4.78, 5) is 21.8. The van der Waals surface area contributed by atoms with Crippen molar-refractivity contribution in [2.45, 2.75) is 25.3 Å². The van der Waals surface area contributed by atoms with E-state index in [1.807, 2.05) is 9.47 Å². The molecule has 0 rings (SSSR count). The highest BCUT2D eigenvalue weighted by molar-refractivity contribution is 7.13. The molecule has 0 bridgehead atoms. The first-order valence-electron chi connectivity index (χ1n) is 4.51. The van der Waals surface area contributed by atoms with Gasteiger partial charge in [0.2, 0.25) is 7.85 Å². The van der Waals surface area contributed by atoms with Gasteiger partial charge in [0.15, 0.2) is 5.81 Å². The molecule has 0 saturated carbocycles. The summed E-state index contributed by atoms with van der Waals surface area (Å²) in [6, 6.07) is -0.662. The lowest BCUT2D eigenvalue weighted by molar-refractivity contribution is -0.135. The third-order valence-electron chi connectivity index (χ3n) is 1.78. The van der Waals surface area contributed by atoms with E-state index in [0.717, 1.165) is 19.4 Å². The van der Waals surface area contributed by atoms with Crippen LogP contribution in [0.1, 0.15) is 19.3 Å². The average Bonchev–Trinajstić information content (AvgIpc) is 2.21. The Labute approximate surface area is 95.4 Å². The number of hydrogen-bond donors (Lipinski definition) is 2. The van der Waals surface area contributed by atoms with Crippen LogP contribution in [-0.4, -0.2) is 32.2 Å². The second kappa shape index (κ2) is 9.08. The Balaban J connectivity index is 3.90. The molecule has 2 radical (unpaired) electrons. The maximum Gasteiger partial charge on any atom is 0.330 e. The first-order chi connectivity index (χ1) is 7.11. The van der Waals surface area contributed by atoms with Gasteiger partial charge in [0.05, 0.1) is 9.47 Å². The van der Waals surface area contributed by atoms with Crippen LogP contribution in [0.5, 0.6) is 0 Å². The largest absolute Gasteiger partial charge is 0.450 e. The highest BCUT2D eigenvalue weighted by atomic mass is 31.0. The fraction of sp³-hybridized carbons (Fsp3) is 0.714. The smallest absolute Gasteiger partial charge is 0.330 e. The first-order valence-corrected chi connectivity index (χ1v) is 5.56. The van der Waals surface area contributed by atoms with Gasteiger partial charge in [-0.15, -0.1) is 0 Å². The van der Waals surface area contributed by atoms with Crippen LogP contribution >= 0.6 is 18.9 Å². The van der Waals surface area contributed by atoms with Crippen molar-refractivity contribution < 1.29 is 14.1 Å². The molecule has 84 valence electrons. The molecule has 0 fully saturated rings. The number of nitrogens with one attached hydrogen (secondary N) is 2. The van der Waals surface area contributed by atoms with E-state index in [4.69, 9.17) is 7.85 Å². The second-order valence-electron chi connectivity index (χ2n) is 2.95. The predicted octanol–water partition coefficient (Wildman–Crippen LogP) is 0.116. The first kappa shape index (κ1) is 14.8. The van der Waals surface area contributed by atoms with Gasteiger partial charge < -0.3 is 14.9 Å². The van der Waals surface area contributed by atoms with E-state index < -0.39 is 17.8 Å². The summed E-state index contributed by atoms with van der Waals surface area (Å²) in [5.41, 5.74) is 0. The molecular weight excluding hydrogens is 233 g/mol. The number of amides is 1. The minimum absolute atomic E-state index is 0.502. The van der Waals surface area contributed by atoms with Crippen molar-refractivity contribution in [1.82, 2.24) is 10.4 Å². The Morgan fingerprint density at radius 2 is 2.07 bits per heavy atom. The van der Waals surface area contributed by atoms with Crippen molar-refractivity contribution in [1.29, 1.82) is 0 Å². The summed E-state index contributed by atoms with van der Waals surface area (Å²) >= 11 is 0. The topological polar surface area (TPSA) is 67.4 Å². The number of hydrogen-bond acceptors (Lipinski definition) is 4. The summed E-state index contributed by atoms with van der Waals surface area (Å²) in [6.07, 6.45) is 2.22. The second-order valence-corrected chi connectivity index (χ2v) is 3.59. The van der Waals surface area contributed by atoms with Crippen LogP contribution in [-0.2, 0) is 9.32 Å². The van der Waals surface area contributed by atoms with Crippen molar-refractivity contribution in [3.05, 3.63) is 0 Å². The van der Waals surface area contributed by atoms with Crippen LogP contribution in [0.25, 0.3) is 0 Å². The number of rotatable bonds is 7. The van der Waals surface area contributed by atoms with Crippen molar-refractivity contribution in [3.8, 4) is 0 Å². The highest BCUT2D eigenvalue weighted by Gasteiger charge is 2.18. The predicted molar refractivity (Wildman–Crippen MR) is 65.4 cm³/mol. The van der Waals surface area contributed by atoms with Gasteiger partial charge >= 0.3 is 5.97 Å². The van der Waals surface area contributed by atoms with Crippen molar-refractivity contribution >= 4 is 38.5 Å². The van der Waals surface area contributed by atoms with E-state index >= 15 is 0 Å².